The largest absolute Gasteiger partial charge is 0.495 e. The lowest BCUT2D eigenvalue weighted by Crippen LogP contribution is -2.36. The van der Waals surface area contributed by atoms with E-state index in [0.29, 0.717) is 6.54 Å². The Kier molecular flexibility index (Phi) is 8.04. The van der Waals surface area contributed by atoms with E-state index in [2.05, 4.69) is 10.0 Å². The van der Waals surface area contributed by atoms with Crippen LogP contribution in [0.25, 0.3) is 0 Å². The topological polar surface area (TPSA) is 111 Å². The van der Waals surface area contributed by atoms with E-state index in [0.717, 1.165) is 6.42 Å². The van der Waals surface area contributed by atoms with Gasteiger partial charge in [0.15, 0.2) is 6.10 Å². The number of carbonyl (C=O) groups excluding carboxylic acids is 2. The summed E-state index contributed by atoms with van der Waals surface area (Å²) in [5.41, 5.74) is 0.00470. The van der Waals surface area contributed by atoms with Gasteiger partial charge < -0.3 is 14.8 Å². The lowest BCUT2D eigenvalue weighted by Gasteiger charge is -2.15. The highest BCUT2D eigenvalue weighted by Gasteiger charge is 2.24. The fourth-order valence-electron chi connectivity index (χ4n) is 2.06. The van der Waals surface area contributed by atoms with Crippen LogP contribution in [0.5, 0.6) is 5.75 Å². The van der Waals surface area contributed by atoms with Crippen LogP contribution in [-0.2, 0) is 19.6 Å². The van der Waals surface area contributed by atoms with Gasteiger partial charge in [0.1, 0.15) is 10.6 Å². The third-order valence-corrected chi connectivity index (χ3v) is 4.96. The molecule has 1 rings (SSSR count). The normalized spacial score (nSPS) is 12.5. The molecule has 0 spiro atoms. The Labute approximate surface area is 154 Å². The maximum atomic E-state index is 12.4. The van der Waals surface area contributed by atoms with E-state index in [1.807, 2.05) is 6.92 Å². The van der Waals surface area contributed by atoms with Crippen LogP contribution >= 0.6 is 0 Å². The Bertz CT molecular complexity index is 746. The number of hydrogen-bond acceptors (Lipinski definition) is 6. The van der Waals surface area contributed by atoms with Gasteiger partial charge in [-0.15, -0.1) is 0 Å². The number of sulfonamides is 1. The molecule has 1 aromatic rings. The number of hydrogen-bond donors (Lipinski definition) is 2. The molecule has 1 atom stereocenters. The zero-order valence-corrected chi connectivity index (χ0v) is 16.5. The Morgan fingerprint density at radius 2 is 1.85 bits per heavy atom. The van der Waals surface area contributed by atoms with Crippen LogP contribution in [-0.4, -0.2) is 46.1 Å². The van der Waals surface area contributed by atoms with Gasteiger partial charge in [-0.25, -0.2) is 17.9 Å². The summed E-state index contributed by atoms with van der Waals surface area (Å²) in [6, 6.07) is 3.59. The average molecular weight is 386 g/mol. The molecule has 2 N–H and O–H groups in total. The molecule has 1 unspecified atom stereocenters. The van der Waals surface area contributed by atoms with E-state index in [9.17, 15) is 18.0 Å². The van der Waals surface area contributed by atoms with Gasteiger partial charge in [0.05, 0.1) is 12.7 Å². The minimum absolute atomic E-state index is 0.00470. The fraction of sp³-hybridized carbons (Fsp3) is 0.529. The quantitative estimate of drug-likeness (QED) is 0.622. The number of ether oxygens (including phenoxy) is 2. The highest BCUT2D eigenvalue weighted by atomic mass is 32.2. The van der Waals surface area contributed by atoms with Crippen LogP contribution in [0.1, 0.15) is 44.5 Å². The molecule has 0 saturated heterocycles. The van der Waals surface area contributed by atoms with Crippen LogP contribution in [0.15, 0.2) is 23.1 Å². The number of esters is 1. The van der Waals surface area contributed by atoms with Gasteiger partial charge in [0.25, 0.3) is 5.91 Å². The summed E-state index contributed by atoms with van der Waals surface area (Å²) in [4.78, 5) is 23.9. The highest BCUT2D eigenvalue weighted by molar-refractivity contribution is 7.89. The van der Waals surface area contributed by atoms with Crippen molar-refractivity contribution < 1.29 is 27.5 Å². The predicted octanol–water partition coefficient (Wildman–Crippen LogP) is 1.45. The van der Waals surface area contributed by atoms with Crippen molar-refractivity contribution in [2.45, 2.75) is 51.2 Å². The van der Waals surface area contributed by atoms with E-state index in [1.54, 1.807) is 13.8 Å². The van der Waals surface area contributed by atoms with Crippen molar-refractivity contribution in [1.29, 1.82) is 0 Å². The van der Waals surface area contributed by atoms with Gasteiger partial charge in [0, 0.05) is 12.6 Å². The second kappa shape index (κ2) is 9.54. The number of methoxy groups -OCH3 is 1. The van der Waals surface area contributed by atoms with Gasteiger partial charge in [-0.05, 0) is 45.4 Å². The molecular formula is C17H26N2O6S. The van der Waals surface area contributed by atoms with Gasteiger partial charge >= 0.3 is 5.97 Å². The molecule has 8 nitrogen and oxygen atoms in total. The minimum Gasteiger partial charge on any atom is -0.495 e. The fourth-order valence-corrected chi connectivity index (χ4v) is 3.51. The standard InChI is InChI=1S/C17H26N2O6S/c1-6-9-18-16(20)12(4)25-17(21)13-7-8-14(24-5)15(10-13)26(22,23)19-11(2)3/h7-8,10-12,19H,6,9H2,1-5H3,(H,18,20). The average Bonchev–Trinajstić information content (AvgIpc) is 2.57. The SMILES string of the molecule is CCCNC(=O)C(C)OC(=O)c1ccc(OC)c(S(=O)(=O)NC(C)C)c1. The van der Waals surface area contributed by atoms with E-state index < -0.39 is 28.0 Å². The first kappa shape index (κ1) is 21.9. The van der Waals surface area contributed by atoms with Crippen LogP contribution in [0.3, 0.4) is 0 Å². The minimum atomic E-state index is -3.88. The zero-order valence-electron chi connectivity index (χ0n) is 15.7. The van der Waals surface area contributed by atoms with Crippen LogP contribution in [0, 0.1) is 0 Å². The van der Waals surface area contributed by atoms with Crippen LogP contribution in [0.2, 0.25) is 0 Å². The predicted molar refractivity (Wildman–Crippen MR) is 96.6 cm³/mol. The molecule has 1 amide bonds. The van der Waals surface area contributed by atoms with Crippen molar-refractivity contribution in [2.75, 3.05) is 13.7 Å². The number of benzene rings is 1. The first-order valence-corrected chi connectivity index (χ1v) is 9.79. The smallest absolute Gasteiger partial charge is 0.338 e. The van der Waals surface area contributed by atoms with E-state index in [-0.39, 0.29) is 22.3 Å². The second-order valence-electron chi connectivity index (χ2n) is 5.98. The summed E-state index contributed by atoms with van der Waals surface area (Å²) in [6.45, 7) is 7.19. The molecule has 146 valence electrons. The van der Waals surface area contributed by atoms with Crippen molar-refractivity contribution in [3.05, 3.63) is 23.8 Å². The Morgan fingerprint density at radius 1 is 1.19 bits per heavy atom. The van der Waals surface area contributed by atoms with E-state index in [1.165, 1.54) is 32.2 Å². The van der Waals surface area contributed by atoms with Crippen LogP contribution < -0.4 is 14.8 Å². The third kappa shape index (κ3) is 5.99. The van der Waals surface area contributed by atoms with E-state index >= 15 is 0 Å². The summed E-state index contributed by atoms with van der Waals surface area (Å²) >= 11 is 0. The summed E-state index contributed by atoms with van der Waals surface area (Å²) in [5.74, 6) is -1.11. The monoisotopic (exact) mass is 386 g/mol. The number of nitrogens with one attached hydrogen (secondary N) is 2. The van der Waals surface area contributed by atoms with Gasteiger partial charge in [-0.1, -0.05) is 6.92 Å². The van der Waals surface area contributed by atoms with Gasteiger partial charge in [-0.2, -0.15) is 0 Å². The van der Waals surface area contributed by atoms with Crippen molar-refractivity contribution in [1.82, 2.24) is 10.0 Å². The molecule has 26 heavy (non-hydrogen) atoms. The maximum absolute atomic E-state index is 12.4. The molecule has 0 aliphatic heterocycles. The number of rotatable bonds is 9. The van der Waals surface area contributed by atoms with E-state index in [4.69, 9.17) is 9.47 Å². The molecule has 9 heteroatoms. The van der Waals surface area contributed by atoms with Crippen molar-refractivity contribution >= 4 is 21.9 Å². The summed E-state index contributed by atoms with van der Waals surface area (Å²) in [5, 5.41) is 2.62. The molecular weight excluding hydrogens is 360 g/mol. The summed E-state index contributed by atoms with van der Waals surface area (Å²) in [7, 11) is -2.54. The molecule has 0 fully saturated rings. The third-order valence-electron chi connectivity index (χ3n) is 3.28. The molecule has 0 aliphatic rings. The Balaban J connectivity index is 3.06. The van der Waals surface area contributed by atoms with Gasteiger partial charge in [-0.3, -0.25) is 4.79 Å². The first-order chi connectivity index (χ1) is 12.1. The zero-order chi connectivity index (χ0) is 19.9. The molecule has 1 aromatic carbocycles. The summed E-state index contributed by atoms with van der Waals surface area (Å²) in [6.07, 6.45) is -0.236. The molecule has 0 aromatic heterocycles. The number of amides is 1. The molecule has 0 radical (unpaired) electrons. The van der Waals surface area contributed by atoms with Gasteiger partial charge in [0.2, 0.25) is 10.0 Å². The highest BCUT2D eigenvalue weighted by Crippen LogP contribution is 2.25. The lowest BCUT2D eigenvalue weighted by molar-refractivity contribution is -0.129. The van der Waals surface area contributed by atoms with Crippen molar-refractivity contribution in [3.8, 4) is 5.75 Å². The second-order valence-corrected chi connectivity index (χ2v) is 7.66. The Hall–Kier alpha value is -2.13. The van der Waals surface area contributed by atoms with Crippen molar-refractivity contribution in [3.63, 3.8) is 0 Å². The first-order valence-electron chi connectivity index (χ1n) is 8.31. The molecule has 0 bridgehead atoms. The number of carbonyl (C=O) groups is 2. The Morgan fingerprint density at radius 3 is 2.38 bits per heavy atom. The molecule has 0 aliphatic carbocycles. The maximum Gasteiger partial charge on any atom is 0.338 e. The van der Waals surface area contributed by atoms with Crippen molar-refractivity contribution in [2.24, 2.45) is 0 Å². The molecule has 0 saturated carbocycles. The molecule has 0 heterocycles. The van der Waals surface area contributed by atoms with Crippen LogP contribution in [0.4, 0.5) is 0 Å². The lowest BCUT2D eigenvalue weighted by atomic mass is 10.2. The summed E-state index contributed by atoms with van der Waals surface area (Å²) < 4.78 is 37.5.